The van der Waals surface area contributed by atoms with Crippen molar-refractivity contribution in [3.8, 4) is 5.75 Å². The van der Waals surface area contributed by atoms with Gasteiger partial charge in [0.15, 0.2) is 0 Å². The van der Waals surface area contributed by atoms with Gasteiger partial charge in [-0.25, -0.2) is 4.79 Å². The number of methoxy groups -OCH3 is 1. The smallest absolute Gasteiger partial charge is 0.339 e. The fraction of sp³-hybridized carbons (Fsp3) is 0.294. The van der Waals surface area contributed by atoms with Crippen molar-refractivity contribution >= 4 is 17.6 Å². The third kappa shape index (κ3) is 2.33. The number of phenolic OH excluding ortho intramolecular Hbond substituents is 1. The summed E-state index contributed by atoms with van der Waals surface area (Å²) in [6, 6.07) is 8.44. The highest BCUT2D eigenvalue weighted by molar-refractivity contribution is 6.31. The number of aromatic nitrogens is 1. The number of aromatic hydroxyl groups is 1. The first-order valence-corrected chi connectivity index (χ1v) is 7.37. The highest BCUT2D eigenvalue weighted by atomic mass is 35.5. The number of carbonyl (C=O) groups is 1. The maximum atomic E-state index is 11.9. The Labute approximate surface area is 133 Å². The van der Waals surface area contributed by atoms with Crippen molar-refractivity contribution in [2.45, 2.75) is 24.7 Å². The molecule has 1 aromatic carbocycles. The van der Waals surface area contributed by atoms with Crippen molar-refractivity contribution < 1.29 is 14.6 Å². The van der Waals surface area contributed by atoms with Crippen molar-refractivity contribution in [3.63, 3.8) is 0 Å². The van der Waals surface area contributed by atoms with E-state index in [1.54, 1.807) is 24.4 Å². The van der Waals surface area contributed by atoms with Crippen LogP contribution in [0.5, 0.6) is 5.75 Å². The van der Waals surface area contributed by atoms with Gasteiger partial charge < -0.3 is 9.84 Å². The third-order valence-electron chi connectivity index (χ3n) is 4.35. The van der Waals surface area contributed by atoms with Gasteiger partial charge >= 0.3 is 5.97 Å². The van der Waals surface area contributed by atoms with Crippen LogP contribution < -0.4 is 0 Å². The molecule has 4 nitrogen and oxygen atoms in total. The van der Waals surface area contributed by atoms with Gasteiger partial charge in [0.2, 0.25) is 0 Å². The molecule has 1 aliphatic rings. The molecular formula is C17H16ClNO3. The molecule has 114 valence electrons. The molecule has 1 fully saturated rings. The van der Waals surface area contributed by atoms with E-state index in [4.69, 9.17) is 16.3 Å². The number of rotatable bonds is 3. The van der Waals surface area contributed by atoms with Crippen LogP contribution in [-0.4, -0.2) is 23.2 Å². The molecule has 2 aromatic rings. The zero-order chi connectivity index (χ0) is 15.9. The second-order valence-corrected chi connectivity index (χ2v) is 6.18. The highest BCUT2D eigenvalue weighted by Gasteiger charge is 2.55. The topological polar surface area (TPSA) is 59.4 Å². The minimum atomic E-state index is -0.383. The van der Waals surface area contributed by atoms with Crippen LogP contribution in [-0.2, 0) is 10.2 Å². The summed E-state index contributed by atoms with van der Waals surface area (Å²) in [7, 11) is 1.36. The molecule has 0 bridgehead atoms. The van der Waals surface area contributed by atoms with Crippen LogP contribution in [0, 0.1) is 0 Å². The molecule has 2 unspecified atom stereocenters. The number of hydrogen-bond donors (Lipinski definition) is 1. The maximum Gasteiger partial charge on any atom is 0.339 e. The van der Waals surface area contributed by atoms with Crippen LogP contribution in [0.15, 0.2) is 36.5 Å². The summed E-state index contributed by atoms with van der Waals surface area (Å²) in [5.74, 6) is -0.0742. The van der Waals surface area contributed by atoms with Gasteiger partial charge in [-0.2, -0.15) is 0 Å². The quantitative estimate of drug-likeness (QED) is 0.877. The maximum absolute atomic E-state index is 11.9. The third-order valence-corrected chi connectivity index (χ3v) is 4.68. The van der Waals surface area contributed by atoms with Crippen molar-refractivity contribution in [3.05, 3.63) is 58.4 Å². The van der Waals surface area contributed by atoms with Gasteiger partial charge in [-0.3, -0.25) is 4.98 Å². The monoisotopic (exact) mass is 317 g/mol. The molecule has 1 aliphatic carbocycles. The summed E-state index contributed by atoms with van der Waals surface area (Å²) in [5, 5.41) is 10.0. The molecule has 1 saturated carbocycles. The number of phenols is 1. The first-order valence-electron chi connectivity index (χ1n) is 6.99. The Morgan fingerprint density at radius 1 is 1.45 bits per heavy atom. The zero-order valence-electron chi connectivity index (χ0n) is 12.3. The number of nitrogens with zero attached hydrogens (tertiary/aromatic N) is 1. The van der Waals surface area contributed by atoms with Gasteiger partial charge in [0.25, 0.3) is 0 Å². The van der Waals surface area contributed by atoms with Gasteiger partial charge in [-0.15, -0.1) is 0 Å². The van der Waals surface area contributed by atoms with Crippen molar-refractivity contribution in [1.82, 2.24) is 4.98 Å². The summed E-state index contributed by atoms with van der Waals surface area (Å²) in [4.78, 5) is 16.4. The molecule has 3 rings (SSSR count). The SMILES string of the molecule is COC(=O)c1cccnc1C1(C)CC1c1ccc(O)cc1Cl. The summed E-state index contributed by atoms with van der Waals surface area (Å²) in [5.41, 5.74) is 1.93. The molecule has 0 spiro atoms. The average Bonchev–Trinajstić information content (AvgIpc) is 3.19. The fourth-order valence-corrected chi connectivity index (χ4v) is 3.32. The predicted octanol–water partition coefficient (Wildman–Crippen LogP) is 3.67. The van der Waals surface area contributed by atoms with E-state index in [1.165, 1.54) is 13.2 Å². The first-order chi connectivity index (χ1) is 10.5. The van der Waals surface area contributed by atoms with Gasteiger partial charge in [-0.1, -0.05) is 24.6 Å². The van der Waals surface area contributed by atoms with Crippen LogP contribution in [0.4, 0.5) is 0 Å². The molecule has 0 radical (unpaired) electrons. The number of ether oxygens (including phenoxy) is 1. The number of carbonyl (C=O) groups excluding carboxylic acids is 1. The normalized spacial score (nSPS) is 23.1. The second-order valence-electron chi connectivity index (χ2n) is 5.77. The first kappa shape index (κ1) is 14.9. The second kappa shape index (κ2) is 5.29. The summed E-state index contributed by atoms with van der Waals surface area (Å²) >= 11 is 6.24. The summed E-state index contributed by atoms with van der Waals surface area (Å²) in [6.07, 6.45) is 2.53. The number of pyridine rings is 1. The molecule has 2 atom stereocenters. The largest absolute Gasteiger partial charge is 0.508 e. The van der Waals surface area contributed by atoms with Crippen LogP contribution in [0.1, 0.15) is 40.9 Å². The molecule has 1 aromatic heterocycles. The molecule has 1 heterocycles. The van der Waals surface area contributed by atoms with Crippen LogP contribution in [0.3, 0.4) is 0 Å². The highest BCUT2D eigenvalue weighted by Crippen LogP contribution is 2.61. The van der Waals surface area contributed by atoms with Crippen molar-refractivity contribution in [2.24, 2.45) is 0 Å². The fourth-order valence-electron chi connectivity index (χ4n) is 3.01. The lowest BCUT2D eigenvalue weighted by molar-refractivity contribution is 0.0598. The Kier molecular flexibility index (Phi) is 3.57. The number of halogens is 1. The minimum Gasteiger partial charge on any atom is -0.508 e. The van der Waals surface area contributed by atoms with E-state index in [2.05, 4.69) is 11.9 Å². The molecule has 5 heteroatoms. The molecule has 0 amide bonds. The van der Waals surface area contributed by atoms with E-state index in [9.17, 15) is 9.90 Å². The Hall–Kier alpha value is -2.07. The predicted molar refractivity (Wildman–Crippen MR) is 83.4 cm³/mol. The van der Waals surface area contributed by atoms with Gasteiger partial charge in [0, 0.05) is 16.6 Å². The van der Waals surface area contributed by atoms with Gasteiger partial charge in [0.05, 0.1) is 18.4 Å². The van der Waals surface area contributed by atoms with Crippen molar-refractivity contribution in [2.75, 3.05) is 7.11 Å². The molecule has 1 N–H and O–H groups in total. The number of esters is 1. The van der Waals surface area contributed by atoms with Crippen LogP contribution in [0.25, 0.3) is 0 Å². The molecular weight excluding hydrogens is 302 g/mol. The van der Waals surface area contributed by atoms with Gasteiger partial charge in [0.1, 0.15) is 5.75 Å². The average molecular weight is 318 g/mol. The van der Waals surface area contributed by atoms with E-state index in [1.807, 2.05) is 6.07 Å². The minimum absolute atomic E-state index is 0.143. The Morgan fingerprint density at radius 3 is 2.91 bits per heavy atom. The van der Waals surface area contributed by atoms with E-state index >= 15 is 0 Å². The van der Waals surface area contributed by atoms with E-state index in [0.717, 1.165) is 17.7 Å². The molecule has 22 heavy (non-hydrogen) atoms. The van der Waals surface area contributed by atoms with Crippen molar-refractivity contribution in [1.29, 1.82) is 0 Å². The lowest BCUT2D eigenvalue weighted by Crippen LogP contribution is -2.15. The Bertz CT molecular complexity index is 746. The number of hydrogen-bond acceptors (Lipinski definition) is 4. The Morgan fingerprint density at radius 2 is 2.23 bits per heavy atom. The van der Waals surface area contributed by atoms with Gasteiger partial charge in [-0.05, 0) is 42.2 Å². The molecule has 0 saturated heterocycles. The zero-order valence-corrected chi connectivity index (χ0v) is 13.1. The van der Waals surface area contributed by atoms with E-state index in [0.29, 0.717) is 10.6 Å². The summed E-state index contributed by atoms with van der Waals surface area (Å²) < 4.78 is 4.84. The lowest BCUT2D eigenvalue weighted by atomic mass is 9.93. The Balaban J connectivity index is 1.99. The lowest BCUT2D eigenvalue weighted by Gasteiger charge is -2.15. The number of benzene rings is 1. The van der Waals surface area contributed by atoms with E-state index in [-0.39, 0.29) is 23.1 Å². The van der Waals surface area contributed by atoms with Crippen LogP contribution in [0.2, 0.25) is 5.02 Å². The standard InChI is InChI=1S/C17H16ClNO3/c1-17(15-12(16(21)22-2)4-3-7-19-15)9-13(17)11-6-5-10(20)8-14(11)18/h3-8,13,20H,9H2,1-2H3. The van der Waals surface area contributed by atoms with Crippen LogP contribution >= 0.6 is 11.6 Å². The van der Waals surface area contributed by atoms with E-state index < -0.39 is 0 Å². The summed E-state index contributed by atoms with van der Waals surface area (Å²) in [6.45, 7) is 2.07. The molecule has 0 aliphatic heterocycles.